The molecular weight excluding hydrogens is 280 g/mol. The number of hydrogen-bond acceptors (Lipinski definition) is 3. The molecule has 112 valence electrons. The van der Waals surface area contributed by atoms with E-state index in [1.54, 1.807) is 18.4 Å². The number of ether oxygens (including phenoxy) is 1. The van der Waals surface area contributed by atoms with Crippen molar-refractivity contribution in [1.29, 1.82) is 0 Å². The first kappa shape index (κ1) is 14.6. The molecule has 3 rings (SSSR count). The summed E-state index contributed by atoms with van der Waals surface area (Å²) in [6.45, 7) is 2.07. The van der Waals surface area contributed by atoms with Gasteiger partial charge in [0.15, 0.2) is 0 Å². The molecule has 1 heterocycles. The first-order valence-corrected chi connectivity index (χ1v) is 8.42. The van der Waals surface area contributed by atoms with Gasteiger partial charge >= 0.3 is 0 Å². The fourth-order valence-electron chi connectivity index (χ4n) is 3.05. The van der Waals surface area contributed by atoms with Crippen molar-refractivity contribution in [3.05, 3.63) is 50.7 Å². The van der Waals surface area contributed by atoms with Gasteiger partial charge in [-0.15, -0.1) is 11.3 Å². The minimum atomic E-state index is -0.434. The molecule has 3 heteroatoms. The van der Waals surface area contributed by atoms with Gasteiger partial charge in [0.25, 0.3) is 0 Å². The van der Waals surface area contributed by atoms with Gasteiger partial charge in [-0.05, 0) is 55.9 Å². The second kappa shape index (κ2) is 6.20. The van der Waals surface area contributed by atoms with Crippen molar-refractivity contribution in [2.75, 3.05) is 7.11 Å². The van der Waals surface area contributed by atoms with E-state index in [2.05, 4.69) is 19.1 Å². The van der Waals surface area contributed by atoms with E-state index in [-0.39, 0.29) is 0 Å². The van der Waals surface area contributed by atoms with Crippen LogP contribution in [-0.2, 0) is 19.3 Å². The third-order valence-corrected chi connectivity index (χ3v) is 5.53. The Morgan fingerprint density at radius 2 is 2.05 bits per heavy atom. The first-order valence-electron chi connectivity index (χ1n) is 7.60. The topological polar surface area (TPSA) is 29.5 Å². The van der Waals surface area contributed by atoms with E-state index < -0.39 is 6.10 Å². The van der Waals surface area contributed by atoms with Gasteiger partial charge in [0.2, 0.25) is 0 Å². The molecule has 1 aromatic carbocycles. The summed E-state index contributed by atoms with van der Waals surface area (Å²) in [7, 11) is 1.68. The zero-order valence-electron chi connectivity index (χ0n) is 12.7. The first-order chi connectivity index (χ1) is 10.2. The Labute approximate surface area is 130 Å². The summed E-state index contributed by atoms with van der Waals surface area (Å²) in [4.78, 5) is 2.58. The Bertz CT molecular complexity index is 607. The number of hydrogen-bond donors (Lipinski definition) is 1. The third kappa shape index (κ3) is 3.14. The summed E-state index contributed by atoms with van der Waals surface area (Å²) in [5.41, 5.74) is 3.73. The molecule has 1 atom stereocenters. The number of aryl methyl sites for hydroxylation is 3. The molecule has 2 aromatic rings. The molecule has 2 nitrogen and oxygen atoms in total. The maximum Gasteiger partial charge on any atom is 0.122 e. The Balaban J connectivity index is 1.81. The van der Waals surface area contributed by atoms with Crippen molar-refractivity contribution in [2.45, 2.75) is 45.1 Å². The molecule has 1 aliphatic carbocycles. The number of thiophene rings is 1. The number of methoxy groups -OCH3 is 1. The molecule has 1 aliphatic rings. The molecule has 1 aromatic heterocycles. The van der Waals surface area contributed by atoms with E-state index in [1.807, 2.05) is 12.1 Å². The van der Waals surface area contributed by atoms with Crippen LogP contribution in [0.25, 0.3) is 0 Å². The molecule has 1 N–H and O–H groups in total. The van der Waals surface area contributed by atoms with Crippen LogP contribution >= 0.6 is 11.3 Å². The van der Waals surface area contributed by atoms with Crippen LogP contribution in [0.5, 0.6) is 5.75 Å². The third-order valence-electron chi connectivity index (χ3n) is 4.19. The summed E-state index contributed by atoms with van der Waals surface area (Å²) in [6.07, 6.45) is 5.10. The number of fused-ring (bicyclic) bond motifs is 1. The lowest BCUT2D eigenvalue weighted by Gasteiger charge is -2.13. The highest BCUT2D eigenvalue weighted by molar-refractivity contribution is 7.12. The van der Waals surface area contributed by atoms with Gasteiger partial charge in [-0.25, -0.2) is 0 Å². The fourth-order valence-corrected chi connectivity index (χ4v) is 4.30. The van der Waals surface area contributed by atoms with Crippen LogP contribution in [0.3, 0.4) is 0 Å². The zero-order chi connectivity index (χ0) is 14.8. The quantitative estimate of drug-likeness (QED) is 0.916. The van der Waals surface area contributed by atoms with E-state index >= 15 is 0 Å². The standard InChI is InChI=1S/C18H22O2S/c1-12-7-8-16(20-2)14(9-12)10-15(19)18-11-13-5-3-4-6-17(13)21-18/h7-9,11,15,19H,3-6,10H2,1-2H3. The zero-order valence-corrected chi connectivity index (χ0v) is 13.5. The molecule has 0 fully saturated rings. The van der Waals surface area contributed by atoms with Crippen LogP contribution in [0.2, 0.25) is 0 Å². The number of benzene rings is 1. The number of rotatable bonds is 4. The SMILES string of the molecule is COc1ccc(C)cc1CC(O)c1cc2c(s1)CCCC2. The molecule has 0 aliphatic heterocycles. The van der Waals surface area contributed by atoms with E-state index in [4.69, 9.17) is 4.74 Å². The van der Waals surface area contributed by atoms with E-state index in [1.165, 1.54) is 41.7 Å². The maximum atomic E-state index is 10.6. The van der Waals surface area contributed by atoms with Gasteiger partial charge in [-0.3, -0.25) is 0 Å². The highest BCUT2D eigenvalue weighted by Gasteiger charge is 2.19. The second-order valence-electron chi connectivity index (χ2n) is 5.84. The smallest absolute Gasteiger partial charge is 0.122 e. The Morgan fingerprint density at radius 1 is 1.24 bits per heavy atom. The minimum absolute atomic E-state index is 0.434. The molecule has 0 spiro atoms. The predicted octanol–water partition coefficient (Wildman–Crippen LogP) is 4.22. The summed E-state index contributed by atoms with van der Waals surface area (Å²) < 4.78 is 5.41. The molecule has 0 amide bonds. The molecule has 0 saturated heterocycles. The van der Waals surface area contributed by atoms with Crippen molar-refractivity contribution >= 4 is 11.3 Å². The highest BCUT2D eigenvalue weighted by Crippen LogP contribution is 2.35. The summed E-state index contributed by atoms with van der Waals surface area (Å²) in [5, 5.41) is 10.6. The van der Waals surface area contributed by atoms with Crippen molar-refractivity contribution in [1.82, 2.24) is 0 Å². The van der Waals surface area contributed by atoms with Gasteiger partial charge in [-0.2, -0.15) is 0 Å². The van der Waals surface area contributed by atoms with Crippen LogP contribution in [0.4, 0.5) is 0 Å². The molecule has 21 heavy (non-hydrogen) atoms. The van der Waals surface area contributed by atoms with Crippen LogP contribution in [0.1, 0.15) is 45.4 Å². The van der Waals surface area contributed by atoms with E-state index in [9.17, 15) is 5.11 Å². The average molecular weight is 302 g/mol. The monoisotopic (exact) mass is 302 g/mol. The van der Waals surface area contributed by atoms with Crippen LogP contribution < -0.4 is 4.74 Å². The molecule has 0 radical (unpaired) electrons. The normalized spacial score (nSPS) is 15.6. The van der Waals surface area contributed by atoms with Gasteiger partial charge in [-0.1, -0.05) is 17.7 Å². The lowest BCUT2D eigenvalue weighted by atomic mass is 9.98. The Hall–Kier alpha value is -1.32. The van der Waals surface area contributed by atoms with Gasteiger partial charge in [0.05, 0.1) is 13.2 Å². The Kier molecular flexibility index (Phi) is 4.32. The highest BCUT2D eigenvalue weighted by atomic mass is 32.1. The van der Waals surface area contributed by atoms with Crippen LogP contribution in [-0.4, -0.2) is 12.2 Å². The number of aliphatic hydroxyl groups excluding tert-OH is 1. The molecule has 1 unspecified atom stereocenters. The molecular formula is C18H22O2S. The van der Waals surface area contributed by atoms with E-state index in [0.29, 0.717) is 6.42 Å². The van der Waals surface area contributed by atoms with Gasteiger partial charge < -0.3 is 9.84 Å². The largest absolute Gasteiger partial charge is 0.496 e. The summed E-state index contributed by atoms with van der Waals surface area (Å²) in [6, 6.07) is 8.34. The van der Waals surface area contributed by atoms with Crippen molar-refractivity contribution in [2.24, 2.45) is 0 Å². The second-order valence-corrected chi connectivity index (χ2v) is 7.01. The Morgan fingerprint density at radius 3 is 2.81 bits per heavy atom. The van der Waals surface area contributed by atoms with Gasteiger partial charge in [0, 0.05) is 16.2 Å². The summed E-state index contributed by atoms with van der Waals surface area (Å²) >= 11 is 1.79. The molecule has 0 bridgehead atoms. The average Bonchev–Trinajstić information content (AvgIpc) is 2.91. The lowest BCUT2D eigenvalue weighted by Crippen LogP contribution is -2.02. The lowest BCUT2D eigenvalue weighted by molar-refractivity contribution is 0.181. The van der Waals surface area contributed by atoms with E-state index in [0.717, 1.165) is 16.2 Å². The minimum Gasteiger partial charge on any atom is -0.496 e. The molecule has 0 saturated carbocycles. The summed E-state index contributed by atoms with van der Waals surface area (Å²) in [5.74, 6) is 0.862. The maximum absolute atomic E-state index is 10.6. The predicted molar refractivity (Wildman–Crippen MR) is 87.4 cm³/mol. The van der Waals surface area contributed by atoms with Crippen molar-refractivity contribution in [3.63, 3.8) is 0 Å². The van der Waals surface area contributed by atoms with Crippen molar-refractivity contribution in [3.8, 4) is 5.75 Å². The van der Waals surface area contributed by atoms with Crippen LogP contribution in [0.15, 0.2) is 24.3 Å². The van der Waals surface area contributed by atoms with Gasteiger partial charge in [0.1, 0.15) is 5.75 Å². The van der Waals surface area contributed by atoms with Crippen LogP contribution in [0, 0.1) is 6.92 Å². The number of aliphatic hydroxyl groups is 1. The fraction of sp³-hybridized carbons (Fsp3) is 0.444. The van der Waals surface area contributed by atoms with Crippen molar-refractivity contribution < 1.29 is 9.84 Å².